The molecule has 156 valence electrons. The van der Waals surface area contributed by atoms with Crippen molar-refractivity contribution in [2.24, 2.45) is 0 Å². The van der Waals surface area contributed by atoms with Gasteiger partial charge in [0.25, 0.3) is 0 Å². The second-order valence-corrected chi connectivity index (χ2v) is 7.57. The van der Waals surface area contributed by atoms with Gasteiger partial charge in [-0.2, -0.15) is 0 Å². The first-order valence-corrected chi connectivity index (χ1v) is 10.3. The normalized spacial score (nSPS) is 18.8. The van der Waals surface area contributed by atoms with E-state index in [-0.39, 0.29) is 6.54 Å². The van der Waals surface area contributed by atoms with Crippen molar-refractivity contribution >= 4 is 22.6 Å². The summed E-state index contributed by atoms with van der Waals surface area (Å²) in [6.07, 6.45) is 5.99. The van der Waals surface area contributed by atoms with Crippen LogP contribution in [0.2, 0.25) is 0 Å². The summed E-state index contributed by atoms with van der Waals surface area (Å²) in [5, 5.41) is 7.96. The maximum atomic E-state index is 13.0. The molecule has 4 heterocycles. The van der Waals surface area contributed by atoms with Gasteiger partial charge in [0.1, 0.15) is 18.0 Å². The quantitative estimate of drug-likeness (QED) is 0.504. The highest BCUT2D eigenvalue weighted by molar-refractivity contribution is 5.82. The van der Waals surface area contributed by atoms with Gasteiger partial charge in [-0.3, -0.25) is 0 Å². The van der Waals surface area contributed by atoms with E-state index in [1.165, 1.54) is 0 Å². The Bertz CT molecular complexity index is 1190. The molecule has 0 spiro atoms. The lowest BCUT2D eigenvalue weighted by Gasteiger charge is -2.35. The summed E-state index contributed by atoms with van der Waals surface area (Å²) in [6.45, 7) is 4.43. The van der Waals surface area contributed by atoms with Gasteiger partial charge in [-0.15, -0.1) is 5.10 Å². The molecule has 0 radical (unpaired) electrons. The van der Waals surface area contributed by atoms with E-state index in [1.807, 2.05) is 42.8 Å². The number of aryl methyl sites for hydroxylation is 2. The van der Waals surface area contributed by atoms with Crippen molar-refractivity contribution in [3.63, 3.8) is 0 Å². The summed E-state index contributed by atoms with van der Waals surface area (Å²) in [5.41, 5.74) is 4.03. The van der Waals surface area contributed by atoms with E-state index >= 15 is 0 Å². The van der Waals surface area contributed by atoms with E-state index in [0.29, 0.717) is 23.7 Å². The molecule has 4 aromatic heterocycles. The Morgan fingerprint density at radius 2 is 2.10 bits per heavy atom. The van der Waals surface area contributed by atoms with Crippen molar-refractivity contribution < 1.29 is 9.13 Å². The molecule has 4 aromatic rings. The van der Waals surface area contributed by atoms with Crippen LogP contribution < -0.4 is 5.32 Å². The number of hydrogen-bond acceptors (Lipinski definition) is 6. The van der Waals surface area contributed by atoms with Crippen LogP contribution in [0.5, 0.6) is 0 Å². The van der Waals surface area contributed by atoms with Gasteiger partial charge in [0, 0.05) is 24.4 Å². The van der Waals surface area contributed by atoms with Gasteiger partial charge in [-0.1, -0.05) is 0 Å². The average Bonchev–Trinajstić information content (AvgIpc) is 3.27. The number of nitrogens with one attached hydrogen (secondary N) is 1. The van der Waals surface area contributed by atoms with E-state index in [4.69, 9.17) is 9.72 Å². The molecular weight excluding hydrogens is 385 g/mol. The number of halogens is 1. The van der Waals surface area contributed by atoms with Gasteiger partial charge in [0.15, 0.2) is 5.65 Å². The van der Waals surface area contributed by atoms with Crippen molar-refractivity contribution in [1.82, 2.24) is 29.1 Å². The Morgan fingerprint density at radius 1 is 1.23 bits per heavy atom. The fourth-order valence-corrected chi connectivity index (χ4v) is 4.04. The van der Waals surface area contributed by atoms with Crippen LogP contribution in [-0.4, -0.2) is 54.6 Å². The highest BCUT2D eigenvalue weighted by Crippen LogP contribution is 2.28. The molecule has 1 N–H and O–H groups in total. The number of hydrogen-bond donors (Lipinski definition) is 1. The molecule has 30 heavy (non-hydrogen) atoms. The molecule has 1 saturated carbocycles. The number of imidazole rings is 1. The number of fused-ring (bicyclic) bond motifs is 2. The highest BCUT2D eigenvalue weighted by atomic mass is 19.1. The van der Waals surface area contributed by atoms with Gasteiger partial charge in [0.05, 0.1) is 30.1 Å². The molecule has 0 unspecified atom stereocenters. The molecule has 9 heteroatoms. The molecule has 1 fully saturated rings. The van der Waals surface area contributed by atoms with E-state index < -0.39 is 6.67 Å². The number of nitrogens with zero attached hydrogens (tertiary/aromatic N) is 6. The number of aromatic nitrogens is 6. The lowest BCUT2D eigenvalue weighted by atomic mass is 9.89. The summed E-state index contributed by atoms with van der Waals surface area (Å²) in [4.78, 5) is 13.7. The Labute approximate surface area is 173 Å². The smallest absolute Gasteiger partial charge is 0.241 e. The van der Waals surface area contributed by atoms with Crippen LogP contribution in [0.1, 0.15) is 25.6 Å². The number of rotatable bonds is 7. The second-order valence-electron chi connectivity index (χ2n) is 7.57. The predicted octanol–water partition coefficient (Wildman–Crippen LogP) is 3.40. The fraction of sp³-hybridized carbons (Fsp3) is 0.429. The molecule has 0 bridgehead atoms. The molecule has 0 amide bonds. The number of ether oxygens (including phenoxy) is 1. The molecule has 1 aliphatic rings. The Balaban J connectivity index is 1.42. The van der Waals surface area contributed by atoms with Crippen LogP contribution >= 0.6 is 0 Å². The molecule has 0 aliphatic heterocycles. The van der Waals surface area contributed by atoms with Gasteiger partial charge in [-0.25, -0.2) is 23.9 Å². The Hall–Kier alpha value is -3.07. The molecule has 5 rings (SSSR count). The van der Waals surface area contributed by atoms with Crippen LogP contribution in [0.15, 0.2) is 30.6 Å². The summed E-state index contributed by atoms with van der Waals surface area (Å²) >= 11 is 0. The van der Waals surface area contributed by atoms with Crippen molar-refractivity contribution in [2.45, 2.75) is 45.4 Å². The van der Waals surface area contributed by atoms with Gasteiger partial charge in [0.2, 0.25) is 5.95 Å². The maximum absolute atomic E-state index is 13.0. The molecule has 1 aliphatic carbocycles. The fourth-order valence-electron chi connectivity index (χ4n) is 4.04. The third kappa shape index (κ3) is 3.28. The summed E-state index contributed by atoms with van der Waals surface area (Å²) < 4.78 is 22.2. The Morgan fingerprint density at radius 3 is 2.90 bits per heavy atom. The molecule has 8 nitrogen and oxygen atoms in total. The number of anilines is 1. The van der Waals surface area contributed by atoms with Crippen LogP contribution in [0.25, 0.3) is 27.9 Å². The summed E-state index contributed by atoms with van der Waals surface area (Å²) in [5.74, 6) is 1.36. The first kappa shape index (κ1) is 18.9. The first-order chi connectivity index (χ1) is 14.7. The molecule has 0 aromatic carbocycles. The minimum Gasteiger partial charge on any atom is -0.378 e. The first-order valence-electron chi connectivity index (χ1n) is 10.3. The third-order valence-corrected chi connectivity index (χ3v) is 5.61. The largest absolute Gasteiger partial charge is 0.378 e. The standard InChI is InChI=1S/C21H24FN7O/c1-3-30-15-10-14(11-15)25-21-23-12-19-16(6-8-29(19)27-21)17-4-5-18-20(26-17)28(9-7-22)13(2)24-18/h4-6,8,12,14-15H,3,7,9-11H2,1-2H3,(H,25,27)/t14-,15-. The zero-order valence-electron chi connectivity index (χ0n) is 17.0. The minimum absolute atomic E-state index is 0.249. The summed E-state index contributed by atoms with van der Waals surface area (Å²) in [6, 6.07) is 6.17. The van der Waals surface area contributed by atoms with Crippen LogP contribution in [-0.2, 0) is 11.3 Å². The van der Waals surface area contributed by atoms with Crippen LogP contribution in [0.4, 0.5) is 10.3 Å². The van der Waals surface area contributed by atoms with Crippen molar-refractivity contribution in [1.29, 1.82) is 0 Å². The molecule has 0 saturated heterocycles. The Kier molecular flexibility index (Phi) is 4.82. The van der Waals surface area contributed by atoms with Crippen LogP contribution in [0.3, 0.4) is 0 Å². The SMILES string of the molecule is CCO[C@H]1C[C@H](Nc2ncc3c(-c4ccc5nc(C)n(CCF)c5n4)ccn3n2)C1. The van der Waals surface area contributed by atoms with Gasteiger partial charge >= 0.3 is 0 Å². The van der Waals surface area contributed by atoms with E-state index in [0.717, 1.165) is 47.6 Å². The molecule has 0 atom stereocenters. The zero-order valence-corrected chi connectivity index (χ0v) is 17.0. The number of alkyl halides is 1. The summed E-state index contributed by atoms with van der Waals surface area (Å²) in [7, 11) is 0. The highest BCUT2D eigenvalue weighted by Gasteiger charge is 2.30. The van der Waals surface area contributed by atoms with E-state index in [2.05, 4.69) is 20.4 Å². The number of pyridine rings is 1. The monoisotopic (exact) mass is 409 g/mol. The van der Waals surface area contributed by atoms with E-state index in [9.17, 15) is 4.39 Å². The van der Waals surface area contributed by atoms with E-state index in [1.54, 1.807) is 10.7 Å². The lowest BCUT2D eigenvalue weighted by Crippen LogP contribution is -2.41. The predicted molar refractivity (Wildman–Crippen MR) is 112 cm³/mol. The van der Waals surface area contributed by atoms with Crippen LogP contribution in [0, 0.1) is 6.92 Å². The topological polar surface area (TPSA) is 82.2 Å². The zero-order chi connectivity index (χ0) is 20.7. The molecular formula is C21H24FN7O. The third-order valence-electron chi connectivity index (χ3n) is 5.61. The van der Waals surface area contributed by atoms with Crippen molar-refractivity contribution in [3.8, 4) is 11.3 Å². The van der Waals surface area contributed by atoms with Crippen molar-refractivity contribution in [2.75, 3.05) is 18.6 Å². The minimum atomic E-state index is -0.455. The maximum Gasteiger partial charge on any atom is 0.241 e. The second kappa shape index (κ2) is 7.64. The van der Waals surface area contributed by atoms with Gasteiger partial charge in [-0.05, 0) is 44.9 Å². The van der Waals surface area contributed by atoms with Crippen molar-refractivity contribution in [3.05, 3.63) is 36.4 Å². The average molecular weight is 409 g/mol. The van der Waals surface area contributed by atoms with Gasteiger partial charge < -0.3 is 14.6 Å². The lowest BCUT2D eigenvalue weighted by molar-refractivity contribution is 0.00283.